The van der Waals surface area contributed by atoms with Crippen LogP contribution in [0.5, 0.6) is 0 Å². The van der Waals surface area contributed by atoms with E-state index in [1.165, 1.54) is 0 Å². The smallest absolute Gasteiger partial charge is 0.112 e. The summed E-state index contributed by atoms with van der Waals surface area (Å²) >= 11 is 0. The number of nitrogens with zero attached hydrogens (tertiary/aromatic N) is 3. The molecule has 0 saturated carbocycles. The fourth-order valence-electron chi connectivity index (χ4n) is 1.41. The highest BCUT2D eigenvalue weighted by atomic mass is 31.0. The molecular weight excluding hydrogens is 195 g/mol. The van der Waals surface area contributed by atoms with E-state index in [0.29, 0.717) is 6.04 Å². The molecule has 1 heterocycles. The van der Waals surface area contributed by atoms with Crippen molar-refractivity contribution >= 4 is 15.7 Å². The van der Waals surface area contributed by atoms with Crippen molar-refractivity contribution in [2.24, 2.45) is 5.10 Å². The molecule has 0 aliphatic carbocycles. The van der Waals surface area contributed by atoms with Gasteiger partial charge in [0.1, 0.15) is 6.34 Å². The van der Waals surface area contributed by atoms with Crippen LogP contribution < -0.4 is 5.32 Å². The van der Waals surface area contributed by atoms with Crippen LogP contribution in [0.2, 0.25) is 0 Å². The molecule has 1 rings (SSSR count). The van der Waals surface area contributed by atoms with Crippen LogP contribution in [0, 0.1) is 0 Å². The van der Waals surface area contributed by atoms with Gasteiger partial charge in [0.2, 0.25) is 0 Å². The van der Waals surface area contributed by atoms with Crippen LogP contribution in [-0.2, 0) is 0 Å². The minimum atomic E-state index is 0.154. The molecule has 0 spiro atoms. The zero-order valence-electron chi connectivity index (χ0n) is 9.49. The molecule has 4 nitrogen and oxygen atoms in total. The van der Waals surface area contributed by atoms with Gasteiger partial charge in [-0.2, -0.15) is 5.10 Å². The van der Waals surface area contributed by atoms with Crippen LogP contribution in [0.25, 0.3) is 0 Å². The summed E-state index contributed by atoms with van der Waals surface area (Å²) in [5.74, 6) is 0. The van der Waals surface area contributed by atoms with E-state index >= 15 is 0 Å². The molecule has 2 unspecified atom stereocenters. The number of likely N-dealkylation sites (N-methyl/N-ethyl adjacent to an activating group) is 1. The molecule has 1 aliphatic heterocycles. The fraction of sp³-hybridized carbons (Fsp3) is 0.889. The van der Waals surface area contributed by atoms with E-state index in [0.717, 1.165) is 13.1 Å². The van der Waals surface area contributed by atoms with Gasteiger partial charge in [0.25, 0.3) is 0 Å². The Morgan fingerprint density at radius 2 is 2.21 bits per heavy atom. The molecule has 1 aliphatic rings. The Labute approximate surface area is 89.0 Å². The Balaban J connectivity index is 2.64. The Bertz CT molecular complexity index is 211. The Kier molecular flexibility index (Phi) is 3.73. The number of hydrogen-bond donors (Lipinski definition) is 1. The summed E-state index contributed by atoms with van der Waals surface area (Å²) in [6.07, 6.45) is 1.92. The highest BCUT2D eigenvalue weighted by Gasteiger charge is 2.26. The maximum absolute atomic E-state index is 4.34. The quantitative estimate of drug-likeness (QED) is 0.690. The van der Waals surface area contributed by atoms with Gasteiger partial charge < -0.3 is 10.2 Å². The number of hydrogen-bond acceptors (Lipinski definition) is 4. The van der Waals surface area contributed by atoms with Gasteiger partial charge in [-0.1, -0.05) is 0 Å². The highest BCUT2D eigenvalue weighted by Crippen LogP contribution is 2.19. The zero-order chi connectivity index (χ0) is 10.8. The summed E-state index contributed by atoms with van der Waals surface area (Å²) in [5, 5.41) is 7.52. The van der Waals surface area contributed by atoms with E-state index < -0.39 is 0 Å². The molecule has 0 bridgehead atoms. The van der Waals surface area contributed by atoms with Crippen molar-refractivity contribution in [2.75, 3.05) is 20.1 Å². The maximum Gasteiger partial charge on any atom is 0.112 e. The van der Waals surface area contributed by atoms with Gasteiger partial charge >= 0.3 is 0 Å². The average molecular weight is 216 g/mol. The molecule has 0 aromatic rings. The fourth-order valence-corrected chi connectivity index (χ4v) is 1.67. The van der Waals surface area contributed by atoms with Crippen LogP contribution in [0.4, 0.5) is 0 Å². The van der Waals surface area contributed by atoms with E-state index in [9.17, 15) is 0 Å². The lowest BCUT2D eigenvalue weighted by molar-refractivity contribution is 0.169. The Morgan fingerprint density at radius 3 is 2.71 bits per heavy atom. The summed E-state index contributed by atoms with van der Waals surface area (Å²) in [4.78, 5) is 2.27. The Hall–Kier alpha value is -0.340. The number of rotatable bonds is 2. The second kappa shape index (κ2) is 4.45. The minimum Gasteiger partial charge on any atom is -0.354 e. The first kappa shape index (κ1) is 11.7. The third-order valence-electron chi connectivity index (χ3n) is 2.41. The predicted octanol–water partition coefficient (Wildman–Crippen LogP) is 0.724. The SMILES string of the molecule is CNCC1CN(C(C)(C)C)C=NN1P. The zero-order valence-corrected chi connectivity index (χ0v) is 10.6. The molecule has 0 radical (unpaired) electrons. The first-order valence-corrected chi connectivity index (χ1v) is 5.46. The molecule has 14 heavy (non-hydrogen) atoms. The first-order valence-electron chi connectivity index (χ1n) is 4.94. The molecule has 5 heteroatoms. The van der Waals surface area contributed by atoms with E-state index in [1.54, 1.807) is 0 Å². The molecule has 0 amide bonds. The molecule has 1 N–H and O–H groups in total. The van der Waals surface area contributed by atoms with Crippen molar-refractivity contribution in [3.63, 3.8) is 0 Å². The van der Waals surface area contributed by atoms with E-state index in [2.05, 4.69) is 45.5 Å². The van der Waals surface area contributed by atoms with Crippen LogP contribution in [0.3, 0.4) is 0 Å². The summed E-state index contributed by atoms with van der Waals surface area (Å²) in [7, 11) is 4.62. The van der Waals surface area contributed by atoms with Gasteiger partial charge in [-0.3, -0.25) is 4.78 Å². The minimum absolute atomic E-state index is 0.154. The lowest BCUT2D eigenvalue weighted by Crippen LogP contribution is -2.52. The standard InChI is InChI=1S/C9H21N4P/c1-9(2,3)12-6-8(5-10-4)13(14)11-7-12/h7-8,10H,5-6,14H2,1-4H3. The van der Waals surface area contributed by atoms with Crippen LogP contribution >= 0.6 is 9.39 Å². The largest absolute Gasteiger partial charge is 0.354 e. The molecule has 82 valence electrons. The summed E-state index contributed by atoms with van der Waals surface area (Å²) < 4.78 is 1.94. The van der Waals surface area contributed by atoms with Crippen molar-refractivity contribution in [3.8, 4) is 0 Å². The molecule has 2 atom stereocenters. The summed E-state index contributed by atoms with van der Waals surface area (Å²) in [6.45, 7) is 8.57. The first-order chi connectivity index (χ1) is 6.45. The highest BCUT2D eigenvalue weighted by molar-refractivity contribution is 7.13. The lowest BCUT2D eigenvalue weighted by Gasteiger charge is -2.41. The van der Waals surface area contributed by atoms with Gasteiger partial charge in [0.15, 0.2) is 0 Å². The van der Waals surface area contributed by atoms with Gasteiger partial charge in [0, 0.05) is 18.6 Å². The third kappa shape index (κ3) is 2.82. The van der Waals surface area contributed by atoms with Crippen molar-refractivity contribution in [1.29, 1.82) is 0 Å². The van der Waals surface area contributed by atoms with Crippen molar-refractivity contribution < 1.29 is 0 Å². The molecule has 0 fully saturated rings. The van der Waals surface area contributed by atoms with Crippen LogP contribution in [-0.4, -0.2) is 47.7 Å². The summed E-state index contributed by atoms with van der Waals surface area (Å²) in [5.41, 5.74) is 0.154. The predicted molar refractivity (Wildman–Crippen MR) is 64.2 cm³/mol. The third-order valence-corrected chi connectivity index (χ3v) is 2.96. The molecule has 0 aromatic heterocycles. The average Bonchev–Trinajstić information content (AvgIpc) is 2.07. The second-order valence-corrected chi connectivity index (χ2v) is 5.17. The van der Waals surface area contributed by atoms with E-state index in [-0.39, 0.29) is 5.54 Å². The van der Waals surface area contributed by atoms with Crippen molar-refractivity contribution in [3.05, 3.63) is 0 Å². The lowest BCUT2D eigenvalue weighted by atomic mass is 10.1. The van der Waals surface area contributed by atoms with Crippen molar-refractivity contribution in [1.82, 2.24) is 15.0 Å². The van der Waals surface area contributed by atoms with Crippen LogP contribution in [0.1, 0.15) is 20.8 Å². The molecule has 0 aromatic carbocycles. The number of nitrogens with one attached hydrogen (secondary N) is 1. The van der Waals surface area contributed by atoms with Gasteiger partial charge in [-0.05, 0) is 37.2 Å². The van der Waals surface area contributed by atoms with Crippen LogP contribution in [0.15, 0.2) is 5.10 Å². The van der Waals surface area contributed by atoms with Gasteiger partial charge in [-0.15, -0.1) is 0 Å². The topological polar surface area (TPSA) is 30.9 Å². The monoisotopic (exact) mass is 216 g/mol. The normalized spacial score (nSPS) is 23.1. The number of hydrazone groups is 1. The molecule has 0 saturated heterocycles. The van der Waals surface area contributed by atoms with Gasteiger partial charge in [0.05, 0.1) is 6.04 Å². The summed E-state index contributed by atoms with van der Waals surface area (Å²) in [6, 6.07) is 0.425. The van der Waals surface area contributed by atoms with E-state index in [1.807, 2.05) is 18.2 Å². The van der Waals surface area contributed by atoms with Crippen molar-refractivity contribution in [2.45, 2.75) is 32.4 Å². The van der Waals surface area contributed by atoms with Gasteiger partial charge in [-0.25, -0.2) is 0 Å². The molecular formula is C9H21N4P. The Morgan fingerprint density at radius 1 is 1.57 bits per heavy atom. The van der Waals surface area contributed by atoms with E-state index in [4.69, 9.17) is 0 Å². The maximum atomic E-state index is 4.34. The second-order valence-electron chi connectivity index (χ2n) is 4.65.